The number of halogens is 1. The summed E-state index contributed by atoms with van der Waals surface area (Å²) in [4.78, 5) is 4.49. The number of rotatable bonds is 4. The fraction of sp³-hybridized carbons (Fsp3) is 0.353. The molecule has 6 heteroatoms. The van der Waals surface area contributed by atoms with Crippen LogP contribution in [0.15, 0.2) is 47.1 Å². The first-order chi connectivity index (χ1) is 11.2. The van der Waals surface area contributed by atoms with Gasteiger partial charge in [0.15, 0.2) is 5.11 Å². The molecule has 1 N–H and O–H groups in total. The monoisotopic (exact) mass is 333 g/mol. The fourth-order valence-corrected chi connectivity index (χ4v) is 2.95. The van der Waals surface area contributed by atoms with Gasteiger partial charge in [-0.25, -0.2) is 4.39 Å². The molecule has 0 radical (unpaired) electrons. The lowest BCUT2D eigenvalue weighted by Crippen LogP contribution is -2.51. The third-order valence-corrected chi connectivity index (χ3v) is 4.35. The molecule has 23 heavy (non-hydrogen) atoms. The summed E-state index contributed by atoms with van der Waals surface area (Å²) in [5.41, 5.74) is 1.01. The predicted molar refractivity (Wildman–Crippen MR) is 91.4 cm³/mol. The SMILES string of the molecule is Fc1cccc(CN2CCN(C(=S)NCc3ccco3)CC2)c1. The number of hydrogen-bond acceptors (Lipinski definition) is 3. The van der Waals surface area contributed by atoms with Gasteiger partial charge in [0.25, 0.3) is 0 Å². The van der Waals surface area contributed by atoms with E-state index in [0.29, 0.717) is 6.54 Å². The second-order valence-corrected chi connectivity index (χ2v) is 6.02. The molecule has 3 rings (SSSR count). The summed E-state index contributed by atoms with van der Waals surface area (Å²) in [7, 11) is 0. The molecule has 122 valence electrons. The van der Waals surface area contributed by atoms with Crippen LogP contribution in [0.3, 0.4) is 0 Å². The third kappa shape index (κ3) is 4.53. The molecule has 1 fully saturated rings. The van der Waals surface area contributed by atoms with Crippen molar-refractivity contribution in [2.45, 2.75) is 13.1 Å². The van der Waals surface area contributed by atoms with Gasteiger partial charge in [0.1, 0.15) is 11.6 Å². The summed E-state index contributed by atoms with van der Waals surface area (Å²) < 4.78 is 18.5. The van der Waals surface area contributed by atoms with Gasteiger partial charge >= 0.3 is 0 Å². The maximum absolute atomic E-state index is 13.2. The lowest BCUT2D eigenvalue weighted by Gasteiger charge is -2.36. The van der Waals surface area contributed by atoms with Crippen LogP contribution in [0.1, 0.15) is 11.3 Å². The van der Waals surface area contributed by atoms with E-state index in [1.807, 2.05) is 18.2 Å². The zero-order valence-electron chi connectivity index (χ0n) is 12.9. The molecule has 1 saturated heterocycles. The zero-order chi connectivity index (χ0) is 16.1. The van der Waals surface area contributed by atoms with E-state index in [1.165, 1.54) is 6.07 Å². The topological polar surface area (TPSA) is 31.6 Å². The van der Waals surface area contributed by atoms with E-state index in [9.17, 15) is 4.39 Å². The van der Waals surface area contributed by atoms with Crippen LogP contribution >= 0.6 is 12.2 Å². The Morgan fingerprint density at radius 2 is 2.00 bits per heavy atom. The van der Waals surface area contributed by atoms with Crippen LogP contribution in [0.4, 0.5) is 4.39 Å². The molecular formula is C17H20FN3OS. The van der Waals surface area contributed by atoms with Gasteiger partial charge < -0.3 is 14.6 Å². The van der Waals surface area contributed by atoms with E-state index in [1.54, 1.807) is 18.4 Å². The average Bonchev–Trinajstić information content (AvgIpc) is 3.07. The molecule has 4 nitrogen and oxygen atoms in total. The minimum Gasteiger partial charge on any atom is -0.467 e. The summed E-state index contributed by atoms with van der Waals surface area (Å²) >= 11 is 5.44. The van der Waals surface area contributed by atoms with Gasteiger partial charge in [0, 0.05) is 32.7 Å². The van der Waals surface area contributed by atoms with Crippen LogP contribution < -0.4 is 5.32 Å². The van der Waals surface area contributed by atoms with E-state index >= 15 is 0 Å². The standard InChI is InChI=1S/C17H20FN3OS/c18-15-4-1-3-14(11-15)13-20-6-8-21(9-7-20)17(23)19-12-16-5-2-10-22-16/h1-5,10-11H,6-9,12-13H2,(H,19,23). The van der Waals surface area contributed by atoms with Crippen molar-refractivity contribution < 1.29 is 8.81 Å². The molecule has 1 aliphatic rings. The molecule has 0 unspecified atom stereocenters. The minimum absolute atomic E-state index is 0.176. The fourth-order valence-electron chi connectivity index (χ4n) is 2.69. The highest BCUT2D eigenvalue weighted by Gasteiger charge is 2.19. The Labute approximate surface area is 140 Å². The van der Waals surface area contributed by atoms with Gasteiger partial charge in [0.05, 0.1) is 12.8 Å². The summed E-state index contributed by atoms with van der Waals surface area (Å²) in [6.07, 6.45) is 1.66. The highest BCUT2D eigenvalue weighted by molar-refractivity contribution is 7.80. The second kappa shape index (κ2) is 7.57. The first-order valence-corrected chi connectivity index (χ1v) is 8.13. The van der Waals surface area contributed by atoms with Crippen molar-refractivity contribution in [3.63, 3.8) is 0 Å². The molecule has 1 aromatic carbocycles. The van der Waals surface area contributed by atoms with E-state index in [4.69, 9.17) is 16.6 Å². The maximum Gasteiger partial charge on any atom is 0.169 e. The number of nitrogens with one attached hydrogen (secondary N) is 1. The Balaban J connectivity index is 1.43. The van der Waals surface area contributed by atoms with Gasteiger partial charge in [0.2, 0.25) is 0 Å². The molecule has 0 bridgehead atoms. The molecule has 2 heterocycles. The number of nitrogens with zero attached hydrogens (tertiary/aromatic N) is 2. The van der Waals surface area contributed by atoms with Crippen molar-refractivity contribution in [3.8, 4) is 0 Å². The Morgan fingerprint density at radius 1 is 1.17 bits per heavy atom. The van der Waals surface area contributed by atoms with Crippen molar-refractivity contribution in [1.29, 1.82) is 0 Å². The highest BCUT2D eigenvalue weighted by atomic mass is 32.1. The Morgan fingerprint density at radius 3 is 2.70 bits per heavy atom. The number of furan rings is 1. The molecule has 1 aliphatic heterocycles. The number of benzene rings is 1. The first kappa shape index (κ1) is 16.0. The number of piperazine rings is 1. The normalized spacial score (nSPS) is 15.6. The summed E-state index contributed by atoms with van der Waals surface area (Å²) in [6, 6.07) is 10.6. The van der Waals surface area contributed by atoms with E-state index in [2.05, 4.69) is 15.1 Å². The maximum atomic E-state index is 13.2. The van der Waals surface area contributed by atoms with Crippen LogP contribution in [0.25, 0.3) is 0 Å². The van der Waals surface area contributed by atoms with Crippen LogP contribution in [0.5, 0.6) is 0 Å². The van der Waals surface area contributed by atoms with Crippen molar-refractivity contribution in [2.75, 3.05) is 26.2 Å². The van der Waals surface area contributed by atoms with Crippen molar-refractivity contribution in [3.05, 3.63) is 59.8 Å². The number of thiocarbonyl (C=S) groups is 1. The quantitative estimate of drug-likeness (QED) is 0.870. The van der Waals surface area contributed by atoms with Crippen molar-refractivity contribution >= 4 is 17.3 Å². The Hall–Kier alpha value is -1.92. The Bertz CT molecular complexity index is 639. The minimum atomic E-state index is -0.176. The van der Waals surface area contributed by atoms with Gasteiger partial charge in [-0.05, 0) is 42.0 Å². The summed E-state index contributed by atoms with van der Waals surface area (Å²) in [5.74, 6) is 0.696. The molecule has 0 aliphatic carbocycles. The molecule has 2 aromatic rings. The number of hydrogen-bond donors (Lipinski definition) is 1. The van der Waals surface area contributed by atoms with Crippen molar-refractivity contribution in [2.24, 2.45) is 0 Å². The Kier molecular flexibility index (Phi) is 5.25. The van der Waals surface area contributed by atoms with Gasteiger partial charge in [-0.3, -0.25) is 4.90 Å². The van der Waals surface area contributed by atoms with Gasteiger partial charge in [-0.1, -0.05) is 12.1 Å². The van der Waals surface area contributed by atoms with Gasteiger partial charge in [-0.15, -0.1) is 0 Å². The third-order valence-electron chi connectivity index (χ3n) is 3.95. The van der Waals surface area contributed by atoms with Gasteiger partial charge in [-0.2, -0.15) is 0 Å². The lowest BCUT2D eigenvalue weighted by atomic mass is 10.2. The first-order valence-electron chi connectivity index (χ1n) is 7.73. The molecule has 0 amide bonds. The van der Waals surface area contributed by atoms with Crippen LogP contribution in [0.2, 0.25) is 0 Å². The zero-order valence-corrected chi connectivity index (χ0v) is 13.7. The molecule has 1 aromatic heterocycles. The smallest absolute Gasteiger partial charge is 0.169 e. The largest absolute Gasteiger partial charge is 0.467 e. The van der Waals surface area contributed by atoms with Crippen LogP contribution in [-0.2, 0) is 13.1 Å². The van der Waals surface area contributed by atoms with E-state index < -0.39 is 0 Å². The molecule has 0 saturated carbocycles. The summed E-state index contributed by atoms with van der Waals surface area (Å²) in [6.45, 7) is 4.96. The van der Waals surface area contributed by atoms with Crippen LogP contribution in [0, 0.1) is 5.82 Å². The molecule has 0 atom stereocenters. The van der Waals surface area contributed by atoms with Crippen molar-refractivity contribution in [1.82, 2.24) is 15.1 Å². The summed E-state index contributed by atoms with van der Waals surface area (Å²) in [5, 5.41) is 3.98. The second-order valence-electron chi connectivity index (χ2n) is 5.63. The molecular weight excluding hydrogens is 313 g/mol. The lowest BCUT2D eigenvalue weighted by molar-refractivity contribution is 0.174. The highest BCUT2D eigenvalue weighted by Crippen LogP contribution is 2.10. The predicted octanol–water partition coefficient (Wildman–Crippen LogP) is 2.61. The van der Waals surface area contributed by atoms with E-state index in [-0.39, 0.29) is 5.82 Å². The average molecular weight is 333 g/mol. The van der Waals surface area contributed by atoms with E-state index in [0.717, 1.165) is 49.2 Å². The molecule has 0 spiro atoms. The van der Waals surface area contributed by atoms with Crippen LogP contribution in [-0.4, -0.2) is 41.1 Å².